The molecule has 0 radical (unpaired) electrons. The predicted molar refractivity (Wildman–Crippen MR) is 87.6 cm³/mol. The highest BCUT2D eigenvalue weighted by Crippen LogP contribution is 2.17. The minimum atomic E-state index is -1.08. The van der Waals surface area contributed by atoms with E-state index in [1.807, 2.05) is 30.3 Å². The quantitative estimate of drug-likeness (QED) is 0.775. The van der Waals surface area contributed by atoms with Gasteiger partial charge in [0, 0.05) is 17.7 Å². The minimum Gasteiger partial charge on any atom is -0.386 e. The molecule has 0 bridgehead atoms. The van der Waals surface area contributed by atoms with Crippen molar-refractivity contribution in [3.05, 3.63) is 83.7 Å². The summed E-state index contributed by atoms with van der Waals surface area (Å²) in [6, 6.07) is 19.1. The monoisotopic (exact) mass is 309 g/mol. The van der Waals surface area contributed by atoms with Gasteiger partial charge in [0.25, 0.3) is 5.91 Å². The molecule has 0 spiro atoms. The van der Waals surface area contributed by atoms with Crippen LogP contribution in [0.2, 0.25) is 0 Å². The molecule has 3 rings (SSSR count). The van der Waals surface area contributed by atoms with Crippen molar-refractivity contribution in [1.82, 2.24) is 5.32 Å². The fourth-order valence-corrected chi connectivity index (χ4v) is 2.48. The van der Waals surface area contributed by atoms with E-state index in [2.05, 4.69) is 5.32 Å². The Morgan fingerprint density at radius 2 is 1.70 bits per heavy atom. The molecule has 3 aromatic rings. The van der Waals surface area contributed by atoms with Crippen LogP contribution in [0.15, 0.2) is 66.7 Å². The number of carbonyl (C=O) groups is 1. The van der Waals surface area contributed by atoms with Crippen molar-refractivity contribution in [1.29, 1.82) is 0 Å². The van der Waals surface area contributed by atoms with Crippen LogP contribution >= 0.6 is 0 Å². The van der Waals surface area contributed by atoms with Crippen LogP contribution in [0.3, 0.4) is 0 Å². The first-order chi connectivity index (χ1) is 11.1. The first-order valence-corrected chi connectivity index (χ1v) is 7.34. The number of aliphatic hydroxyl groups excluding tert-OH is 1. The van der Waals surface area contributed by atoms with E-state index >= 15 is 0 Å². The van der Waals surface area contributed by atoms with Crippen LogP contribution in [0.25, 0.3) is 10.8 Å². The second kappa shape index (κ2) is 6.58. The van der Waals surface area contributed by atoms with E-state index in [0.29, 0.717) is 5.56 Å². The maximum Gasteiger partial charge on any atom is 0.251 e. The first-order valence-electron chi connectivity index (χ1n) is 7.34. The van der Waals surface area contributed by atoms with Crippen molar-refractivity contribution in [3.8, 4) is 0 Å². The lowest BCUT2D eigenvalue weighted by Crippen LogP contribution is -2.28. The van der Waals surface area contributed by atoms with Gasteiger partial charge in [0.1, 0.15) is 5.82 Å². The van der Waals surface area contributed by atoms with Crippen LogP contribution in [-0.2, 0) is 0 Å². The van der Waals surface area contributed by atoms with E-state index in [9.17, 15) is 14.3 Å². The van der Waals surface area contributed by atoms with Gasteiger partial charge in [-0.15, -0.1) is 0 Å². The molecule has 0 fully saturated rings. The number of nitrogens with one attached hydrogen (secondary N) is 1. The Hall–Kier alpha value is -2.72. The van der Waals surface area contributed by atoms with Gasteiger partial charge in [-0.2, -0.15) is 0 Å². The van der Waals surface area contributed by atoms with Crippen molar-refractivity contribution >= 4 is 16.7 Å². The summed E-state index contributed by atoms with van der Waals surface area (Å²) < 4.78 is 13.6. The molecule has 0 aliphatic carbocycles. The molecule has 1 amide bonds. The molecule has 23 heavy (non-hydrogen) atoms. The SMILES string of the molecule is O=C(NCC(O)c1ccccc1F)c1ccc2ccccc2c1. The van der Waals surface area contributed by atoms with Gasteiger partial charge in [0.2, 0.25) is 0 Å². The molecule has 0 aliphatic heterocycles. The van der Waals surface area contributed by atoms with Crippen LogP contribution in [0.1, 0.15) is 22.0 Å². The van der Waals surface area contributed by atoms with E-state index in [0.717, 1.165) is 10.8 Å². The Bertz CT molecular complexity index is 847. The zero-order valence-corrected chi connectivity index (χ0v) is 12.4. The number of benzene rings is 3. The van der Waals surface area contributed by atoms with E-state index in [1.165, 1.54) is 12.1 Å². The molecule has 0 aromatic heterocycles. The average molecular weight is 309 g/mol. The molecule has 0 heterocycles. The maximum absolute atomic E-state index is 13.6. The summed E-state index contributed by atoms with van der Waals surface area (Å²) in [5, 5.41) is 14.7. The van der Waals surface area contributed by atoms with Crippen LogP contribution < -0.4 is 5.32 Å². The van der Waals surface area contributed by atoms with Crippen molar-refractivity contribution in [2.45, 2.75) is 6.10 Å². The highest BCUT2D eigenvalue weighted by Gasteiger charge is 2.14. The number of aliphatic hydroxyl groups is 1. The fraction of sp³-hybridized carbons (Fsp3) is 0.105. The average Bonchev–Trinajstić information content (AvgIpc) is 2.59. The molecule has 0 aliphatic rings. The van der Waals surface area contributed by atoms with Gasteiger partial charge in [-0.25, -0.2) is 4.39 Å². The molecular weight excluding hydrogens is 293 g/mol. The molecule has 3 aromatic carbocycles. The number of halogens is 1. The lowest BCUT2D eigenvalue weighted by molar-refractivity contribution is 0.0914. The predicted octanol–water partition coefficient (Wildman–Crippen LogP) is 3.44. The van der Waals surface area contributed by atoms with Gasteiger partial charge in [-0.1, -0.05) is 48.5 Å². The topological polar surface area (TPSA) is 49.3 Å². The molecule has 0 saturated heterocycles. The second-order valence-electron chi connectivity index (χ2n) is 5.31. The van der Waals surface area contributed by atoms with E-state index in [4.69, 9.17) is 0 Å². The molecule has 3 nitrogen and oxygen atoms in total. The molecule has 2 N–H and O–H groups in total. The summed E-state index contributed by atoms with van der Waals surface area (Å²) in [7, 11) is 0. The normalized spacial score (nSPS) is 12.1. The fourth-order valence-electron chi connectivity index (χ4n) is 2.48. The van der Waals surface area contributed by atoms with Gasteiger partial charge >= 0.3 is 0 Å². The zero-order chi connectivity index (χ0) is 16.2. The standard InChI is InChI=1S/C19H16FNO2/c20-17-8-4-3-7-16(17)18(22)12-21-19(23)15-10-9-13-5-1-2-6-14(13)11-15/h1-11,18,22H,12H2,(H,21,23). The van der Waals surface area contributed by atoms with Crippen LogP contribution in [0, 0.1) is 5.82 Å². The van der Waals surface area contributed by atoms with Crippen molar-refractivity contribution in [2.75, 3.05) is 6.54 Å². The lowest BCUT2D eigenvalue weighted by atomic mass is 10.1. The van der Waals surface area contributed by atoms with Crippen LogP contribution in [0.4, 0.5) is 4.39 Å². The van der Waals surface area contributed by atoms with Gasteiger partial charge in [-0.05, 0) is 29.0 Å². The first kappa shape index (κ1) is 15.2. The molecule has 4 heteroatoms. The molecule has 116 valence electrons. The third-order valence-corrected chi connectivity index (χ3v) is 3.73. The number of amides is 1. The van der Waals surface area contributed by atoms with Crippen LogP contribution in [-0.4, -0.2) is 17.6 Å². The van der Waals surface area contributed by atoms with Gasteiger partial charge < -0.3 is 10.4 Å². The maximum atomic E-state index is 13.6. The molecule has 1 unspecified atom stereocenters. The lowest BCUT2D eigenvalue weighted by Gasteiger charge is -2.13. The molecule has 0 saturated carbocycles. The minimum absolute atomic E-state index is 0.0490. The highest BCUT2D eigenvalue weighted by molar-refractivity contribution is 5.98. The zero-order valence-electron chi connectivity index (χ0n) is 12.4. The van der Waals surface area contributed by atoms with Gasteiger partial charge in [-0.3, -0.25) is 4.79 Å². The number of fused-ring (bicyclic) bond motifs is 1. The summed E-state index contributed by atoms with van der Waals surface area (Å²) in [4.78, 5) is 12.2. The van der Waals surface area contributed by atoms with Crippen LogP contribution in [0.5, 0.6) is 0 Å². The summed E-state index contributed by atoms with van der Waals surface area (Å²) >= 11 is 0. The summed E-state index contributed by atoms with van der Waals surface area (Å²) in [6.07, 6.45) is -1.08. The smallest absolute Gasteiger partial charge is 0.251 e. The molecular formula is C19H16FNO2. The largest absolute Gasteiger partial charge is 0.386 e. The summed E-state index contributed by atoms with van der Waals surface area (Å²) in [6.45, 7) is -0.0490. The van der Waals surface area contributed by atoms with Gasteiger partial charge in [0.05, 0.1) is 6.10 Å². The number of hydrogen-bond acceptors (Lipinski definition) is 2. The Balaban J connectivity index is 1.70. The second-order valence-corrected chi connectivity index (χ2v) is 5.31. The van der Waals surface area contributed by atoms with E-state index in [-0.39, 0.29) is 18.0 Å². The highest BCUT2D eigenvalue weighted by atomic mass is 19.1. The third-order valence-electron chi connectivity index (χ3n) is 3.73. The Kier molecular flexibility index (Phi) is 4.35. The molecule has 1 atom stereocenters. The van der Waals surface area contributed by atoms with Crippen molar-refractivity contribution < 1.29 is 14.3 Å². The number of carbonyl (C=O) groups excluding carboxylic acids is 1. The third kappa shape index (κ3) is 3.38. The number of rotatable bonds is 4. The van der Waals surface area contributed by atoms with Crippen molar-refractivity contribution in [2.24, 2.45) is 0 Å². The Morgan fingerprint density at radius 1 is 1.00 bits per heavy atom. The Morgan fingerprint density at radius 3 is 2.48 bits per heavy atom. The van der Waals surface area contributed by atoms with Gasteiger partial charge in [0.15, 0.2) is 0 Å². The van der Waals surface area contributed by atoms with E-state index in [1.54, 1.807) is 24.3 Å². The van der Waals surface area contributed by atoms with E-state index < -0.39 is 11.9 Å². The Labute approximate surface area is 133 Å². The number of hydrogen-bond donors (Lipinski definition) is 2. The summed E-state index contributed by atoms with van der Waals surface area (Å²) in [5.74, 6) is -0.786. The summed E-state index contributed by atoms with van der Waals surface area (Å²) in [5.41, 5.74) is 0.677. The van der Waals surface area contributed by atoms with Crippen molar-refractivity contribution in [3.63, 3.8) is 0 Å².